The van der Waals surface area contributed by atoms with Gasteiger partial charge in [-0.3, -0.25) is 4.68 Å². The minimum Gasteiger partial charge on any atom is -0.314 e. The van der Waals surface area contributed by atoms with Crippen LogP contribution in [0.5, 0.6) is 0 Å². The fourth-order valence-electron chi connectivity index (χ4n) is 1.04. The molecule has 0 spiro atoms. The predicted octanol–water partition coefficient (Wildman–Crippen LogP) is 0.171. The first-order valence-corrected chi connectivity index (χ1v) is 6.97. The van der Waals surface area contributed by atoms with Crippen molar-refractivity contribution in [2.45, 2.75) is 6.54 Å². The van der Waals surface area contributed by atoms with Crippen molar-refractivity contribution in [2.24, 2.45) is 0 Å². The van der Waals surface area contributed by atoms with E-state index in [9.17, 15) is 8.42 Å². The Bertz CT molecular complexity index is 402. The third kappa shape index (κ3) is 5.76. The molecular weight excluding hydrogens is 238 g/mol. The lowest BCUT2D eigenvalue weighted by molar-refractivity contribution is 0.560. The zero-order valence-electron chi connectivity index (χ0n) is 8.48. The van der Waals surface area contributed by atoms with Gasteiger partial charge in [0.25, 0.3) is 0 Å². The fourth-order valence-corrected chi connectivity index (χ4v) is 1.71. The maximum atomic E-state index is 10.8. The third-order valence-corrected chi connectivity index (χ3v) is 2.91. The summed E-state index contributed by atoms with van der Waals surface area (Å²) in [6.07, 6.45) is 4.51. The van der Waals surface area contributed by atoms with Crippen molar-refractivity contribution in [1.82, 2.24) is 15.1 Å². The van der Waals surface area contributed by atoms with Crippen molar-refractivity contribution < 1.29 is 8.42 Å². The summed E-state index contributed by atoms with van der Waals surface area (Å²) in [5.41, 5.74) is 0. The highest BCUT2D eigenvalue weighted by Crippen LogP contribution is 2.03. The van der Waals surface area contributed by atoms with E-state index in [0.29, 0.717) is 24.7 Å². The van der Waals surface area contributed by atoms with Crippen LogP contribution in [0.25, 0.3) is 0 Å². The van der Waals surface area contributed by atoms with Crippen molar-refractivity contribution in [3.63, 3.8) is 0 Å². The predicted molar refractivity (Wildman–Crippen MR) is 59.8 cm³/mol. The molecule has 15 heavy (non-hydrogen) atoms. The summed E-state index contributed by atoms with van der Waals surface area (Å²) in [5, 5.41) is 7.61. The van der Waals surface area contributed by atoms with Gasteiger partial charge in [0, 0.05) is 25.5 Å². The van der Waals surface area contributed by atoms with E-state index < -0.39 is 9.84 Å². The molecule has 86 valence electrons. The summed E-state index contributed by atoms with van der Waals surface area (Å²) in [6, 6.07) is 0. The summed E-state index contributed by atoms with van der Waals surface area (Å²) < 4.78 is 23.3. The largest absolute Gasteiger partial charge is 0.314 e. The summed E-state index contributed by atoms with van der Waals surface area (Å²) in [4.78, 5) is 0. The summed E-state index contributed by atoms with van der Waals surface area (Å²) >= 11 is 5.68. The van der Waals surface area contributed by atoms with Crippen LogP contribution >= 0.6 is 11.6 Å². The molecule has 0 amide bonds. The Kier molecular flexibility index (Phi) is 4.56. The van der Waals surface area contributed by atoms with Gasteiger partial charge in [0.15, 0.2) is 0 Å². The van der Waals surface area contributed by atoms with Crippen molar-refractivity contribution >= 4 is 21.4 Å². The Hall–Kier alpha value is -0.590. The molecule has 0 atom stereocenters. The molecule has 0 unspecified atom stereocenters. The van der Waals surface area contributed by atoms with Crippen LogP contribution in [-0.4, -0.2) is 43.3 Å². The number of rotatable bonds is 6. The standard InChI is InChI=1S/C8H14ClN3O2S/c1-15(13,14)5-3-10-2-4-12-7-8(9)6-11-12/h6-7,10H,2-5H2,1H3. The first kappa shape index (κ1) is 12.5. The second-order valence-corrected chi connectivity index (χ2v) is 6.00. The van der Waals surface area contributed by atoms with E-state index in [1.54, 1.807) is 17.1 Å². The van der Waals surface area contributed by atoms with Gasteiger partial charge in [0.2, 0.25) is 0 Å². The molecule has 5 nitrogen and oxygen atoms in total. The molecule has 0 aromatic carbocycles. The van der Waals surface area contributed by atoms with Crippen molar-refractivity contribution in [3.8, 4) is 0 Å². The lowest BCUT2D eigenvalue weighted by atomic mass is 10.6. The molecule has 0 radical (unpaired) electrons. The van der Waals surface area contributed by atoms with Crippen LogP contribution < -0.4 is 5.32 Å². The highest BCUT2D eigenvalue weighted by molar-refractivity contribution is 7.90. The molecule has 0 saturated carbocycles. The van der Waals surface area contributed by atoms with Crippen molar-refractivity contribution in [2.75, 3.05) is 25.1 Å². The average molecular weight is 252 g/mol. The highest BCUT2D eigenvalue weighted by Gasteiger charge is 2.00. The van der Waals surface area contributed by atoms with E-state index in [-0.39, 0.29) is 5.75 Å². The monoisotopic (exact) mass is 251 g/mol. The molecule has 0 fully saturated rings. The maximum absolute atomic E-state index is 10.8. The number of nitrogens with one attached hydrogen (secondary N) is 1. The van der Waals surface area contributed by atoms with Crippen LogP contribution in [0, 0.1) is 0 Å². The Morgan fingerprint density at radius 1 is 1.53 bits per heavy atom. The third-order valence-electron chi connectivity index (χ3n) is 1.77. The minimum absolute atomic E-state index is 0.160. The smallest absolute Gasteiger partial charge is 0.148 e. The van der Waals surface area contributed by atoms with E-state index in [1.807, 2.05) is 0 Å². The highest BCUT2D eigenvalue weighted by atomic mass is 35.5. The van der Waals surface area contributed by atoms with Crippen LogP contribution in [0.15, 0.2) is 12.4 Å². The van der Waals surface area contributed by atoms with Crippen LogP contribution in [0.2, 0.25) is 5.02 Å². The first-order valence-electron chi connectivity index (χ1n) is 4.54. The van der Waals surface area contributed by atoms with Gasteiger partial charge in [0.05, 0.1) is 23.5 Å². The normalized spacial score (nSPS) is 11.9. The molecule has 0 saturated heterocycles. The molecule has 0 aliphatic carbocycles. The lowest BCUT2D eigenvalue weighted by Crippen LogP contribution is -2.25. The Labute approximate surface area is 94.3 Å². The van der Waals surface area contributed by atoms with E-state index in [2.05, 4.69) is 10.4 Å². The van der Waals surface area contributed by atoms with Gasteiger partial charge in [0.1, 0.15) is 9.84 Å². The number of sulfone groups is 1. The van der Waals surface area contributed by atoms with Gasteiger partial charge in [-0.2, -0.15) is 5.10 Å². The summed E-state index contributed by atoms with van der Waals surface area (Å²) in [6.45, 7) is 1.82. The van der Waals surface area contributed by atoms with Gasteiger partial charge in [-0.25, -0.2) is 8.42 Å². The Balaban J connectivity index is 2.12. The molecule has 0 aliphatic heterocycles. The first-order chi connectivity index (χ1) is 6.97. The van der Waals surface area contributed by atoms with Crippen molar-refractivity contribution in [3.05, 3.63) is 17.4 Å². The topological polar surface area (TPSA) is 64.0 Å². The van der Waals surface area contributed by atoms with Crippen LogP contribution in [0.3, 0.4) is 0 Å². The van der Waals surface area contributed by atoms with Gasteiger partial charge in [-0.15, -0.1) is 0 Å². The number of halogens is 1. The zero-order valence-corrected chi connectivity index (χ0v) is 10.1. The second-order valence-electron chi connectivity index (χ2n) is 3.30. The van der Waals surface area contributed by atoms with E-state index in [1.165, 1.54) is 6.26 Å². The van der Waals surface area contributed by atoms with Crippen molar-refractivity contribution in [1.29, 1.82) is 0 Å². The quantitative estimate of drug-likeness (QED) is 0.733. The van der Waals surface area contributed by atoms with E-state index in [0.717, 1.165) is 0 Å². The number of aromatic nitrogens is 2. The maximum Gasteiger partial charge on any atom is 0.148 e. The van der Waals surface area contributed by atoms with Crippen LogP contribution in [0.1, 0.15) is 0 Å². The Morgan fingerprint density at radius 2 is 2.27 bits per heavy atom. The molecule has 1 aromatic heterocycles. The second kappa shape index (κ2) is 5.48. The zero-order chi connectivity index (χ0) is 11.3. The molecule has 7 heteroatoms. The van der Waals surface area contributed by atoms with Gasteiger partial charge in [-0.1, -0.05) is 11.6 Å². The summed E-state index contributed by atoms with van der Waals surface area (Å²) in [5.74, 6) is 0.160. The van der Waals surface area contributed by atoms with E-state index in [4.69, 9.17) is 11.6 Å². The van der Waals surface area contributed by atoms with Crippen LogP contribution in [0.4, 0.5) is 0 Å². The van der Waals surface area contributed by atoms with E-state index >= 15 is 0 Å². The number of nitrogens with zero attached hydrogens (tertiary/aromatic N) is 2. The SMILES string of the molecule is CS(=O)(=O)CCNCCn1cc(Cl)cn1. The lowest BCUT2D eigenvalue weighted by Gasteiger charge is -2.03. The molecule has 1 aromatic rings. The van der Waals surface area contributed by atoms with Gasteiger partial charge in [-0.05, 0) is 0 Å². The molecule has 1 heterocycles. The molecule has 1 N–H and O–H groups in total. The minimum atomic E-state index is -2.87. The molecule has 0 bridgehead atoms. The van der Waals surface area contributed by atoms with Gasteiger partial charge < -0.3 is 5.32 Å². The fraction of sp³-hybridized carbons (Fsp3) is 0.625. The number of hydrogen-bond donors (Lipinski definition) is 1. The molecule has 1 rings (SSSR count). The molecular formula is C8H14ClN3O2S. The number of hydrogen-bond acceptors (Lipinski definition) is 4. The van der Waals surface area contributed by atoms with Gasteiger partial charge >= 0.3 is 0 Å². The summed E-state index contributed by atoms with van der Waals surface area (Å²) in [7, 11) is -2.87. The van der Waals surface area contributed by atoms with Crippen LogP contribution in [-0.2, 0) is 16.4 Å². The Morgan fingerprint density at radius 3 is 2.80 bits per heavy atom. The molecule has 0 aliphatic rings. The average Bonchev–Trinajstić information content (AvgIpc) is 2.49.